The summed E-state index contributed by atoms with van der Waals surface area (Å²) < 4.78 is 1.91. The number of carbonyl (C=O) groups is 4. The minimum absolute atomic E-state index is 0.0425. The fourth-order valence-electron chi connectivity index (χ4n) is 6.94. The van der Waals surface area contributed by atoms with Gasteiger partial charge in [-0.25, -0.2) is 10.0 Å². The molecule has 2 aliphatic heterocycles. The van der Waals surface area contributed by atoms with E-state index >= 15 is 0 Å². The molecule has 0 bridgehead atoms. The van der Waals surface area contributed by atoms with Crippen LogP contribution in [0.4, 0.5) is 0 Å². The van der Waals surface area contributed by atoms with Crippen LogP contribution < -0.4 is 0 Å². The number of aromatic nitrogens is 1. The van der Waals surface area contributed by atoms with Gasteiger partial charge in [0.25, 0.3) is 0 Å². The van der Waals surface area contributed by atoms with E-state index in [1.54, 1.807) is 50.2 Å². The molecule has 10 heteroatoms. The highest BCUT2D eigenvalue weighted by Crippen LogP contribution is 2.32. The number of ketones is 1. The van der Waals surface area contributed by atoms with Gasteiger partial charge in [-0.15, -0.1) is 6.58 Å². The molecule has 3 amide bonds. The maximum Gasteiger partial charge on any atom is 0.246 e. The number of hydrogen-bond donors (Lipinski definition) is 1. The average Bonchev–Trinajstić information content (AvgIpc) is 3.41. The highest BCUT2D eigenvalue weighted by molar-refractivity contribution is 6.07. The number of phenolic OH excluding ortho intramolecular Hbond substituents is 1. The number of hydrogen-bond acceptors (Lipinski definition) is 6. The summed E-state index contributed by atoms with van der Waals surface area (Å²) >= 11 is 0. The van der Waals surface area contributed by atoms with Crippen LogP contribution in [0.25, 0.3) is 10.9 Å². The number of carbonyl (C=O) groups excluding carboxylic acids is 4. The number of amides is 3. The molecule has 2 saturated heterocycles. The van der Waals surface area contributed by atoms with Crippen LogP contribution in [0.3, 0.4) is 0 Å². The van der Waals surface area contributed by atoms with Gasteiger partial charge in [-0.2, -0.15) is 0 Å². The number of aryl methyl sites for hydroxylation is 2. The fourth-order valence-corrected chi connectivity index (χ4v) is 6.94. The quantitative estimate of drug-likeness (QED) is 0.209. The first-order valence-electron chi connectivity index (χ1n) is 15.8. The Morgan fingerprint density at radius 2 is 1.72 bits per heavy atom. The minimum atomic E-state index is -0.874. The number of para-hydroxylation sites is 1. The number of fused-ring (bicyclic) bond motifs is 2. The Kier molecular flexibility index (Phi) is 8.95. The lowest BCUT2D eigenvalue weighted by Gasteiger charge is -2.55. The summed E-state index contributed by atoms with van der Waals surface area (Å²) in [6.07, 6.45) is 3.72. The second kappa shape index (κ2) is 13.3. The highest BCUT2D eigenvalue weighted by Gasteiger charge is 2.51. The molecule has 2 fully saturated rings. The molecule has 0 spiro atoms. The molecule has 1 N–H and O–H groups in total. The predicted molar refractivity (Wildman–Crippen MR) is 178 cm³/mol. The molecule has 2 atom stereocenters. The van der Waals surface area contributed by atoms with Gasteiger partial charge in [0.15, 0.2) is 5.78 Å². The van der Waals surface area contributed by atoms with Gasteiger partial charge in [0.2, 0.25) is 17.7 Å². The Hall–Kier alpha value is -5.22. The monoisotopic (exact) mass is 633 g/mol. The number of phenols is 1. The number of rotatable bonds is 10. The van der Waals surface area contributed by atoms with Gasteiger partial charge in [0, 0.05) is 50.1 Å². The van der Waals surface area contributed by atoms with Crippen LogP contribution in [0.15, 0.2) is 91.6 Å². The largest absolute Gasteiger partial charge is 0.508 e. The highest BCUT2D eigenvalue weighted by atomic mass is 16.3. The number of nitrogens with zero attached hydrogens (tertiary/aromatic N) is 5. The topological polar surface area (TPSA) is 106 Å². The van der Waals surface area contributed by atoms with Crippen molar-refractivity contribution in [3.8, 4) is 5.75 Å². The SMILES string of the molecule is C=CCN1CC(=O)N2C(Cc3ccc(O)cc3)C(=O)N(Cc3cccc4c(C(C)=O)cn(C)c34)CC2N1C(=O)CCc1ccccc1. The maximum absolute atomic E-state index is 14.4. The Bertz CT molecular complexity index is 1830. The Morgan fingerprint density at radius 3 is 2.43 bits per heavy atom. The molecule has 0 aliphatic carbocycles. The summed E-state index contributed by atoms with van der Waals surface area (Å²) in [6, 6.07) is 21.2. The van der Waals surface area contributed by atoms with Gasteiger partial charge in [-0.1, -0.05) is 66.7 Å². The third kappa shape index (κ3) is 6.29. The Balaban J connectivity index is 1.39. The average molecular weight is 634 g/mol. The van der Waals surface area contributed by atoms with Crippen molar-refractivity contribution in [2.24, 2.45) is 7.05 Å². The molecule has 242 valence electrons. The van der Waals surface area contributed by atoms with E-state index < -0.39 is 12.2 Å². The summed E-state index contributed by atoms with van der Waals surface area (Å²) in [6.45, 7) is 5.98. The van der Waals surface area contributed by atoms with E-state index in [2.05, 4.69) is 6.58 Å². The van der Waals surface area contributed by atoms with Crippen molar-refractivity contribution in [1.29, 1.82) is 0 Å². The predicted octanol–water partition coefficient (Wildman–Crippen LogP) is 4.07. The van der Waals surface area contributed by atoms with Crippen molar-refractivity contribution in [2.45, 2.75) is 44.9 Å². The lowest BCUT2D eigenvalue weighted by Crippen LogP contribution is -2.75. The Morgan fingerprint density at radius 1 is 0.979 bits per heavy atom. The third-order valence-corrected chi connectivity index (χ3v) is 9.09. The van der Waals surface area contributed by atoms with Gasteiger partial charge < -0.3 is 19.5 Å². The third-order valence-electron chi connectivity index (χ3n) is 9.09. The van der Waals surface area contributed by atoms with Crippen LogP contribution in [-0.4, -0.2) is 84.8 Å². The van der Waals surface area contributed by atoms with Crippen molar-refractivity contribution >= 4 is 34.4 Å². The summed E-state index contributed by atoms with van der Waals surface area (Å²) in [4.78, 5) is 58.1. The summed E-state index contributed by atoms with van der Waals surface area (Å²) in [5.74, 6) is -0.551. The van der Waals surface area contributed by atoms with Gasteiger partial charge in [0.05, 0.1) is 18.6 Å². The first kappa shape index (κ1) is 31.7. The van der Waals surface area contributed by atoms with Crippen molar-refractivity contribution in [1.82, 2.24) is 24.4 Å². The molecular formula is C37H39N5O5. The second-order valence-corrected chi connectivity index (χ2v) is 12.3. The van der Waals surface area contributed by atoms with E-state index in [1.807, 2.05) is 66.3 Å². The molecule has 4 aromatic rings. The molecule has 0 radical (unpaired) electrons. The summed E-state index contributed by atoms with van der Waals surface area (Å²) in [5.41, 5.74) is 4.13. The number of piperazine rings is 1. The maximum atomic E-state index is 14.4. The van der Waals surface area contributed by atoms with E-state index in [4.69, 9.17) is 0 Å². The van der Waals surface area contributed by atoms with Crippen LogP contribution >= 0.6 is 0 Å². The molecular weight excluding hydrogens is 594 g/mol. The summed E-state index contributed by atoms with van der Waals surface area (Å²) in [7, 11) is 1.88. The van der Waals surface area contributed by atoms with Crippen molar-refractivity contribution in [3.63, 3.8) is 0 Å². The van der Waals surface area contributed by atoms with E-state index in [0.717, 1.165) is 27.6 Å². The zero-order chi connectivity index (χ0) is 33.2. The zero-order valence-electron chi connectivity index (χ0n) is 26.7. The lowest BCUT2D eigenvalue weighted by atomic mass is 9.97. The van der Waals surface area contributed by atoms with Gasteiger partial charge >= 0.3 is 0 Å². The lowest BCUT2D eigenvalue weighted by molar-refractivity contribution is -0.205. The normalized spacial score (nSPS) is 18.5. The molecule has 2 aliphatic rings. The standard InChI is InChI=1S/C37H39N5O5/c1-4-19-40-24-35(46)41-32(20-27-13-16-29(44)17-14-27)37(47)39(21-28-11-8-12-30-31(25(2)43)22-38(3)36(28)30)23-33(41)42(40)34(45)18-15-26-9-6-5-7-10-26/h4-14,16-17,22,32-33,44H,1,15,18-21,23-24H2,2-3H3. The van der Waals surface area contributed by atoms with Gasteiger partial charge in [0.1, 0.15) is 18.0 Å². The zero-order valence-corrected chi connectivity index (χ0v) is 26.7. The molecule has 1 aromatic heterocycles. The molecule has 2 unspecified atom stereocenters. The van der Waals surface area contributed by atoms with Crippen LogP contribution in [0.2, 0.25) is 0 Å². The molecule has 3 aromatic carbocycles. The van der Waals surface area contributed by atoms with Gasteiger partial charge in [-0.05, 0) is 42.2 Å². The van der Waals surface area contributed by atoms with Crippen LogP contribution in [-0.2, 0) is 40.8 Å². The molecule has 0 saturated carbocycles. The summed E-state index contributed by atoms with van der Waals surface area (Å²) in [5, 5.41) is 14.1. The minimum Gasteiger partial charge on any atom is -0.508 e. The smallest absolute Gasteiger partial charge is 0.246 e. The van der Waals surface area contributed by atoms with E-state index in [1.165, 1.54) is 6.92 Å². The number of Topliss-reactive ketones (excluding diaryl/α,β-unsaturated/α-hetero) is 1. The molecule has 47 heavy (non-hydrogen) atoms. The second-order valence-electron chi connectivity index (χ2n) is 12.3. The van der Waals surface area contributed by atoms with E-state index in [0.29, 0.717) is 18.5 Å². The number of hydrazine groups is 1. The first-order chi connectivity index (χ1) is 22.7. The number of benzene rings is 3. The van der Waals surface area contributed by atoms with Crippen LogP contribution in [0.5, 0.6) is 5.75 Å². The van der Waals surface area contributed by atoms with Crippen molar-refractivity contribution in [2.75, 3.05) is 19.6 Å². The Labute approximate surface area is 274 Å². The molecule has 10 nitrogen and oxygen atoms in total. The van der Waals surface area contributed by atoms with Crippen molar-refractivity contribution < 1.29 is 24.3 Å². The van der Waals surface area contributed by atoms with E-state index in [-0.39, 0.29) is 61.7 Å². The van der Waals surface area contributed by atoms with Crippen molar-refractivity contribution in [3.05, 3.63) is 114 Å². The molecule has 3 heterocycles. The van der Waals surface area contributed by atoms with E-state index in [9.17, 15) is 24.3 Å². The molecule has 6 rings (SSSR count). The number of aromatic hydroxyl groups is 1. The first-order valence-corrected chi connectivity index (χ1v) is 15.8. The fraction of sp³-hybridized carbons (Fsp3) is 0.297. The van der Waals surface area contributed by atoms with Gasteiger partial charge in [-0.3, -0.25) is 19.2 Å². The van der Waals surface area contributed by atoms with Crippen LogP contribution in [0.1, 0.15) is 40.4 Å². The van der Waals surface area contributed by atoms with Crippen LogP contribution in [0, 0.1) is 0 Å².